The van der Waals surface area contributed by atoms with Gasteiger partial charge in [0.15, 0.2) is 0 Å². The standard InChI is InChI=1S/C50H59N9O12/c1-26(44(64)52-24-42(62)58-40(43(51)63)22-31-14-18-33(60)19-15-31)53-46(66)28(3)56-49(69)41(23-32-16-20-34(61)21-17-32)59-48(68)29(4)55-45(65)27(2)54-47(67)30(5)57-50(70)71-25-39-37-12-8-6-10-35(37)36-11-7-9-13-38(36)39/h6-21,26-30,39-41,60-61H,22-25H2,1-5H3,(H2,51,63)(H,52,64)(H,53,66)(H,54,67)(H,55,65)(H,56,69)(H,57,70)(H,58,62)(H,59,68)/t26-,27?,28-,29?,30-,40-,41-/m0/s1. The number of aromatic hydroxyl groups is 2. The molecule has 21 nitrogen and oxygen atoms in total. The van der Waals surface area contributed by atoms with Gasteiger partial charge in [0.05, 0.1) is 6.54 Å². The highest BCUT2D eigenvalue weighted by Crippen LogP contribution is 2.44. The highest BCUT2D eigenvalue weighted by Gasteiger charge is 2.32. The van der Waals surface area contributed by atoms with Crippen LogP contribution in [0.4, 0.5) is 4.79 Å². The third-order valence-corrected chi connectivity index (χ3v) is 11.6. The lowest BCUT2D eigenvalue weighted by Gasteiger charge is -2.24. The van der Waals surface area contributed by atoms with Crippen molar-refractivity contribution in [1.82, 2.24) is 42.5 Å². The second-order valence-corrected chi connectivity index (χ2v) is 17.2. The molecule has 0 fully saturated rings. The summed E-state index contributed by atoms with van der Waals surface area (Å²) in [6.07, 6.45) is -0.937. The van der Waals surface area contributed by atoms with Crippen LogP contribution >= 0.6 is 0 Å². The lowest BCUT2D eigenvalue weighted by atomic mass is 9.98. The summed E-state index contributed by atoms with van der Waals surface area (Å²) in [6, 6.07) is 18.9. The average molecular weight is 978 g/mol. The zero-order chi connectivity index (χ0) is 51.9. The van der Waals surface area contributed by atoms with Crippen LogP contribution in [0.1, 0.15) is 62.8 Å². The summed E-state index contributed by atoms with van der Waals surface area (Å²) in [7, 11) is 0. The largest absolute Gasteiger partial charge is 0.508 e. The van der Waals surface area contributed by atoms with Crippen molar-refractivity contribution in [2.24, 2.45) is 5.73 Å². The molecular weight excluding hydrogens is 919 g/mol. The van der Waals surface area contributed by atoms with Crippen LogP contribution in [0.5, 0.6) is 11.5 Å². The summed E-state index contributed by atoms with van der Waals surface area (Å²) in [5.41, 5.74) is 10.7. The minimum Gasteiger partial charge on any atom is -0.508 e. The van der Waals surface area contributed by atoms with Gasteiger partial charge in [-0.15, -0.1) is 0 Å². The molecule has 376 valence electrons. The summed E-state index contributed by atoms with van der Waals surface area (Å²) in [5, 5.41) is 39.0. The maximum atomic E-state index is 13.7. The minimum absolute atomic E-state index is 0.0112. The van der Waals surface area contributed by atoms with Crippen molar-refractivity contribution >= 4 is 53.4 Å². The number of nitrogens with one attached hydrogen (secondary N) is 8. The number of amides is 9. The summed E-state index contributed by atoms with van der Waals surface area (Å²) in [4.78, 5) is 117. The normalized spacial score (nSPS) is 14.4. The van der Waals surface area contributed by atoms with Crippen LogP contribution in [0, 0.1) is 0 Å². The van der Waals surface area contributed by atoms with Gasteiger partial charge in [-0.05, 0) is 92.3 Å². The van der Waals surface area contributed by atoms with Gasteiger partial charge in [0, 0.05) is 18.8 Å². The Hall–Kier alpha value is -8.49. The molecule has 12 N–H and O–H groups in total. The lowest BCUT2D eigenvalue weighted by Crippen LogP contribution is -2.58. The van der Waals surface area contributed by atoms with Gasteiger partial charge >= 0.3 is 6.09 Å². The number of phenols is 2. The van der Waals surface area contributed by atoms with Gasteiger partial charge in [0.2, 0.25) is 47.3 Å². The molecule has 0 bridgehead atoms. The number of carbonyl (C=O) groups excluding carboxylic acids is 9. The van der Waals surface area contributed by atoms with Gasteiger partial charge in [-0.2, -0.15) is 0 Å². The van der Waals surface area contributed by atoms with E-state index in [1.165, 1.54) is 71.0 Å². The predicted octanol–water partition coefficient (Wildman–Crippen LogP) is 0.400. The number of ether oxygens (including phenoxy) is 1. The molecule has 9 amide bonds. The molecule has 0 saturated carbocycles. The van der Waals surface area contributed by atoms with Gasteiger partial charge in [0.25, 0.3) is 0 Å². The summed E-state index contributed by atoms with van der Waals surface area (Å²) >= 11 is 0. The third-order valence-electron chi connectivity index (χ3n) is 11.6. The molecule has 0 aliphatic heterocycles. The molecule has 5 rings (SSSR count). The molecule has 4 aromatic rings. The Bertz CT molecular complexity index is 2560. The van der Waals surface area contributed by atoms with E-state index in [1.807, 2.05) is 48.5 Å². The number of carbonyl (C=O) groups is 9. The van der Waals surface area contributed by atoms with Gasteiger partial charge in [-0.25, -0.2) is 4.79 Å². The van der Waals surface area contributed by atoms with Gasteiger partial charge in [0.1, 0.15) is 60.4 Å². The number of primary amides is 1. The first-order valence-corrected chi connectivity index (χ1v) is 22.8. The monoisotopic (exact) mass is 977 g/mol. The molecule has 21 heteroatoms. The number of hydrogen-bond acceptors (Lipinski definition) is 12. The van der Waals surface area contributed by atoms with Crippen LogP contribution in [-0.4, -0.2) is 119 Å². The topological polar surface area (TPSA) is 326 Å². The fourth-order valence-electron chi connectivity index (χ4n) is 7.50. The second kappa shape index (κ2) is 24.7. The van der Waals surface area contributed by atoms with E-state index in [2.05, 4.69) is 42.5 Å². The molecular formula is C50H59N9O12. The molecule has 7 atom stereocenters. The lowest BCUT2D eigenvalue weighted by molar-refractivity contribution is -0.134. The number of benzene rings is 4. The van der Waals surface area contributed by atoms with Crippen molar-refractivity contribution in [2.75, 3.05) is 13.2 Å². The van der Waals surface area contributed by atoms with E-state index in [9.17, 15) is 53.4 Å². The highest BCUT2D eigenvalue weighted by atomic mass is 16.5. The van der Waals surface area contributed by atoms with Gasteiger partial charge in [-0.1, -0.05) is 72.8 Å². The molecule has 0 heterocycles. The van der Waals surface area contributed by atoms with Crippen molar-refractivity contribution in [1.29, 1.82) is 0 Å². The Balaban J connectivity index is 1.08. The number of phenolic OH excluding ortho intramolecular Hbond substituents is 2. The van der Waals surface area contributed by atoms with Crippen LogP contribution in [0.2, 0.25) is 0 Å². The van der Waals surface area contributed by atoms with E-state index in [0.717, 1.165) is 22.3 Å². The van der Waals surface area contributed by atoms with Crippen molar-refractivity contribution in [3.05, 3.63) is 119 Å². The van der Waals surface area contributed by atoms with E-state index in [0.29, 0.717) is 11.1 Å². The smallest absolute Gasteiger partial charge is 0.407 e. The van der Waals surface area contributed by atoms with Crippen LogP contribution in [0.3, 0.4) is 0 Å². The number of hydrogen-bond donors (Lipinski definition) is 11. The molecule has 0 saturated heterocycles. The average Bonchev–Trinajstić information content (AvgIpc) is 3.66. The van der Waals surface area contributed by atoms with E-state index >= 15 is 0 Å². The first-order valence-electron chi connectivity index (χ1n) is 22.8. The Morgan fingerprint density at radius 3 is 1.35 bits per heavy atom. The molecule has 0 spiro atoms. The van der Waals surface area contributed by atoms with Crippen LogP contribution in [-0.2, 0) is 55.9 Å². The zero-order valence-corrected chi connectivity index (χ0v) is 39.7. The fourth-order valence-corrected chi connectivity index (χ4v) is 7.50. The van der Waals surface area contributed by atoms with Gasteiger partial charge < -0.3 is 63.2 Å². The highest BCUT2D eigenvalue weighted by molar-refractivity contribution is 5.97. The van der Waals surface area contributed by atoms with E-state index in [4.69, 9.17) is 10.5 Å². The first kappa shape index (κ1) is 53.5. The van der Waals surface area contributed by atoms with Gasteiger partial charge in [-0.3, -0.25) is 38.4 Å². The molecule has 0 aromatic heterocycles. The molecule has 4 aromatic carbocycles. The Morgan fingerprint density at radius 2 is 0.887 bits per heavy atom. The molecule has 2 unspecified atom stereocenters. The summed E-state index contributed by atoms with van der Waals surface area (Å²) < 4.78 is 5.53. The zero-order valence-electron chi connectivity index (χ0n) is 39.7. The maximum absolute atomic E-state index is 13.7. The molecule has 71 heavy (non-hydrogen) atoms. The Kier molecular flexibility index (Phi) is 18.6. The number of alkyl carbamates (subject to hydrolysis) is 1. The van der Waals surface area contributed by atoms with E-state index in [1.54, 1.807) is 12.1 Å². The summed E-state index contributed by atoms with van der Waals surface area (Å²) in [6.45, 7) is 6.24. The first-order chi connectivity index (χ1) is 33.7. The van der Waals surface area contributed by atoms with Crippen LogP contribution in [0.15, 0.2) is 97.1 Å². The Labute approximate surface area is 409 Å². The Morgan fingerprint density at radius 1 is 0.493 bits per heavy atom. The van der Waals surface area contributed by atoms with Crippen molar-refractivity contribution < 1.29 is 58.1 Å². The quantitative estimate of drug-likeness (QED) is 0.0510. The number of fused-ring (bicyclic) bond motifs is 3. The van der Waals surface area contributed by atoms with E-state index in [-0.39, 0.29) is 36.9 Å². The molecule has 0 radical (unpaired) electrons. The van der Waals surface area contributed by atoms with Crippen molar-refractivity contribution in [3.8, 4) is 22.6 Å². The predicted molar refractivity (Wildman–Crippen MR) is 258 cm³/mol. The SMILES string of the molecule is CC(NC(=O)C(C)NC(=O)[C@H](C)NC(=O)OCC1c2ccccc2-c2ccccc21)C(=O)N[C@@H](Cc1ccc(O)cc1)C(=O)N[C@@H](C)C(=O)N[C@@H](C)C(=O)NCC(=O)N[C@@H](Cc1ccc(O)cc1)C(N)=O. The van der Waals surface area contributed by atoms with Crippen molar-refractivity contribution in [3.63, 3.8) is 0 Å². The third kappa shape index (κ3) is 15.3. The van der Waals surface area contributed by atoms with Crippen molar-refractivity contribution in [2.45, 2.75) is 95.7 Å². The number of nitrogens with two attached hydrogens (primary N) is 1. The fraction of sp³-hybridized carbons (Fsp3) is 0.340. The molecule has 1 aliphatic carbocycles. The summed E-state index contributed by atoms with van der Waals surface area (Å²) in [5.74, 6) is -6.50. The van der Waals surface area contributed by atoms with E-state index < -0.39 is 102 Å². The minimum atomic E-state index is -1.33. The van der Waals surface area contributed by atoms with Crippen LogP contribution < -0.4 is 48.3 Å². The molecule has 1 aliphatic rings. The second-order valence-electron chi connectivity index (χ2n) is 17.2. The van der Waals surface area contributed by atoms with Crippen LogP contribution in [0.25, 0.3) is 11.1 Å². The maximum Gasteiger partial charge on any atom is 0.407 e. The number of rotatable bonds is 22.